The highest BCUT2D eigenvalue weighted by Crippen LogP contribution is 2.31. The Kier molecular flexibility index (Phi) is 14.2. The second-order valence-electron chi connectivity index (χ2n) is 14.8. The summed E-state index contributed by atoms with van der Waals surface area (Å²) in [5.41, 5.74) is 2.44. The van der Waals surface area contributed by atoms with Crippen molar-refractivity contribution in [2.24, 2.45) is 0 Å². The molecule has 4 aliphatic rings. The third kappa shape index (κ3) is 11.4. The molecule has 9 rings (SSSR count). The maximum absolute atomic E-state index is 14.8. The number of aromatic nitrogens is 4. The number of nitrogens with one attached hydrogen (secondary N) is 3. The molecular weight excluding hydrogens is 879 g/mol. The lowest BCUT2D eigenvalue weighted by molar-refractivity contribution is -0.116. The van der Waals surface area contributed by atoms with Crippen molar-refractivity contribution in [3.8, 4) is 28.3 Å². The monoisotopic (exact) mass is 918 g/mol. The fourth-order valence-electron chi connectivity index (χ4n) is 7.14. The smallest absolute Gasteiger partial charge is 0.410 e. The van der Waals surface area contributed by atoms with E-state index in [1.165, 1.54) is 36.7 Å². The topological polar surface area (TPSA) is 192 Å². The molecule has 332 valence electrons. The summed E-state index contributed by atoms with van der Waals surface area (Å²) >= 11 is 1.62. The predicted molar refractivity (Wildman–Crippen MR) is 244 cm³/mol. The van der Waals surface area contributed by atoms with E-state index < -0.39 is 40.0 Å². The summed E-state index contributed by atoms with van der Waals surface area (Å²) in [4.78, 5) is 83.0. The van der Waals surface area contributed by atoms with E-state index in [0.29, 0.717) is 78.1 Å². The molecule has 3 N–H and O–H groups in total. The molecule has 65 heavy (non-hydrogen) atoms. The van der Waals surface area contributed by atoms with Crippen LogP contribution >= 0.6 is 23.5 Å². The fourth-order valence-corrected chi connectivity index (χ4v) is 8.50. The number of benzene rings is 3. The van der Waals surface area contributed by atoms with Crippen molar-refractivity contribution in [3.05, 3.63) is 124 Å². The van der Waals surface area contributed by atoms with Crippen molar-refractivity contribution in [2.75, 3.05) is 62.2 Å². The Bertz CT molecular complexity index is 2700. The summed E-state index contributed by atoms with van der Waals surface area (Å²) in [5, 5.41) is 6.88. The Morgan fingerprint density at radius 2 is 1.18 bits per heavy atom. The molecule has 6 heterocycles. The van der Waals surface area contributed by atoms with Crippen LogP contribution in [0, 0.1) is 11.6 Å². The number of carbonyl (C=O) groups excluding carboxylic acids is 5. The molecular formula is C45H40F2N10O6S2. The van der Waals surface area contributed by atoms with Gasteiger partial charge in [0.2, 0.25) is 0 Å². The third-order valence-corrected chi connectivity index (χ3v) is 12.0. The normalized spacial score (nSPS) is 17.9. The zero-order chi connectivity index (χ0) is 45.3. The van der Waals surface area contributed by atoms with Gasteiger partial charge in [0.05, 0.1) is 46.0 Å². The Labute approximate surface area is 380 Å². The van der Waals surface area contributed by atoms with Crippen molar-refractivity contribution >= 4 is 75.7 Å². The van der Waals surface area contributed by atoms with Gasteiger partial charge >= 0.3 is 6.09 Å². The Hall–Kier alpha value is -7.03. The van der Waals surface area contributed by atoms with Gasteiger partial charge in [-0.15, -0.1) is 0 Å². The molecule has 4 fully saturated rings. The van der Waals surface area contributed by atoms with E-state index in [1.807, 2.05) is 11.0 Å². The average molecular weight is 919 g/mol. The number of amides is 5. The number of rotatable bonds is 7. The van der Waals surface area contributed by atoms with E-state index in [4.69, 9.17) is 4.74 Å². The number of hydrogen-bond acceptors (Lipinski definition) is 15. The van der Waals surface area contributed by atoms with Gasteiger partial charge in [-0.2, -0.15) is 0 Å². The zero-order valence-corrected chi connectivity index (χ0v) is 36.2. The van der Waals surface area contributed by atoms with Gasteiger partial charge in [-0.1, -0.05) is 30.3 Å². The van der Waals surface area contributed by atoms with Crippen LogP contribution in [0.25, 0.3) is 34.7 Å². The number of ether oxygens (including phenoxy) is 1. The molecule has 0 bridgehead atoms. The molecule has 5 amide bonds. The van der Waals surface area contributed by atoms with E-state index in [-0.39, 0.29) is 15.4 Å². The largest absolute Gasteiger partial charge is 0.415 e. The molecule has 0 unspecified atom stereocenters. The third-order valence-electron chi connectivity index (χ3n) is 10.3. The molecule has 20 heteroatoms. The van der Waals surface area contributed by atoms with Crippen molar-refractivity contribution in [1.82, 2.24) is 40.8 Å². The molecule has 5 aromatic rings. The van der Waals surface area contributed by atoms with Gasteiger partial charge in [-0.05, 0) is 103 Å². The Balaban J connectivity index is 0.000000184. The first-order valence-electron chi connectivity index (χ1n) is 20.5. The van der Waals surface area contributed by atoms with Gasteiger partial charge in [0.1, 0.15) is 29.0 Å². The molecule has 16 nitrogen and oxygen atoms in total. The number of anilines is 2. The van der Waals surface area contributed by atoms with Crippen LogP contribution in [-0.4, -0.2) is 106 Å². The van der Waals surface area contributed by atoms with E-state index in [0.717, 1.165) is 56.1 Å². The van der Waals surface area contributed by atoms with E-state index in [1.54, 1.807) is 65.8 Å². The minimum Gasteiger partial charge on any atom is -0.410 e. The number of hydrogen-bond donors (Lipinski definition) is 3. The number of halogens is 2. The summed E-state index contributed by atoms with van der Waals surface area (Å²) in [7, 11) is 0. The maximum atomic E-state index is 14.8. The minimum atomic E-state index is -0.487. The molecule has 0 atom stereocenters. The number of thioether (sulfide) groups is 2. The highest BCUT2D eigenvalue weighted by atomic mass is 32.2. The molecule has 4 saturated heterocycles. The maximum Gasteiger partial charge on any atom is 0.415 e. The van der Waals surface area contributed by atoms with E-state index >= 15 is 0 Å². The first-order chi connectivity index (χ1) is 31.6. The molecule has 0 saturated carbocycles. The van der Waals surface area contributed by atoms with Crippen LogP contribution in [0.4, 0.5) is 34.8 Å². The summed E-state index contributed by atoms with van der Waals surface area (Å²) in [6, 6.07) is 17.8. The molecule has 0 aliphatic carbocycles. The van der Waals surface area contributed by atoms with E-state index in [9.17, 15) is 32.8 Å². The lowest BCUT2D eigenvalue weighted by atomic mass is 10.1. The summed E-state index contributed by atoms with van der Waals surface area (Å²) in [5.74, 6) is -0.0747. The summed E-state index contributed by atoms with van der Waals surface area (Å²) in [6.07, 6.45) is 10.7. The highest BCUT2D eigenvalue weighted by molar-refractivity contribution is 8.18. The quantitative estimate of drug-likeness (QED) is 0.146. The lowest BCUT2D eigenvalue weighted by Crippen LogP contribution is -2.37. The van der Waals surface area contributed by atoms with Crippen LogP contribution in [0.3, 0.4) is 0 Å². The average Bonchev–Trinajstić information content (AvgIpc) is 3.55. The fraction of sp³-hybridized carbons (Fsp3) is 0.222. The van der Waals surface area contributed by atoms with Crippen molar-refractivity contribution in [1.29, 1.82) is 0 Å². The van der Waals surface area contributed by atoms with Crippen LogP contribution in [0.15, 0.2) is 101 Å². The minimum absolute atomic E-state index is 0.223. The number of para-hydroxylation sites is 1. The lowest BCUT2D eigenvalue weighted by Gasteiger charge is -2.22. The van der Waals surface area contributed by atoms with Crippen LogP contribution in [0.5, 0.6) is 5.75 Å². The van der Waals surface area contributed by atoms with Gasteiger partial charge in [-0.3, -0.25) is 39.8 Å². The van der Waals surface area contributed by atoms with Crippen molar-refractivity contribution in [2.45, 2.75) is 12.8 Å². The summed E-state index contributed by atoms with van der Waals surface area (Å²) in [6.45, 7) is 5.62. The van der Waals surface area contributed by atoms with Crippen LogP contribution in [0.1, 0.15) is 24.0 Å². The molecule has 2 aromatic heterocycles. The molecule has 4 aliphatic heterocycles. The zero-order valence-electron chi connectivity index (χ0n) is 34.5. The van der Waals surface area contributed by atoms with Gasteiger partial charge in [0.15, 0.2) is 0 Å². The van der Waals surface area contributed by atoms with Gasteiger partial charge in [0, 0.05) is 56.9 Å². The van der Waals surface area contributed by atoms with Crippen molar-refractivity contribution in [3.63, 3.8) is 0 Å². The van der Waals surface area contributed by atoms with Crippen LogP contribution in [-0.2, 0) is 9.59 Å². The predicted octanol–water partition coefficient (Wildman–Crippen LogP) is 6.72. The SMILES string of the molecule is O=C1NC(=O)/C(=C/c2ccc(F)c(-c3cncc(N4CCCN(C(=O)Oc5ccccc5)CC4)n3)c2)S1.O=C1NC(=O)/C(=C/c2ccc(F)c(-c3cncc(N4CCCNCC4)n3)c2)S1. The van der Waals surface area contributed by atoms with Gasteiger partial charge in [0.25, 0.3) is 22.3 Å². The second-order valence-corrected chi connectivity index (χ2v) is 16.8. The first kappa shape index (κ1) is 44.6. The molecule has 3 aromatic carbocycles. The summed E-state index contributed by atoms with van der Waals surface area (Å²) < 4.78 is 34.7. The Morgan fingerprint density at radius 3 is 1.74 bits per heavy atom. The second kappa shape index (κ2) is 20.6. The highest BCUT2D eigenvalue weighted by Gasteiger charge is 2.27. The number of nitrogens with zero attached hydrogens (tertiary/aromatic N) is 7. The molecule has 0 spiro atoms. The first-order valence-corrected chi connectivity index (χ1v) is 22.2. The Morgan fingerprint density at radius 1 is 0.631 bits per heavy atom. The van der Waals surface area contributed by atoms with Crippen LogP contribution < -0.4 is 30.5 Å². The number of carbonyl (C=O) groups is 5. The van der Waals surface area contributed by atoms with Crippen LogP contribution in [0.2, 0.25) is 0 Å². The van der Waals surface area contributed by atoms with Gasteiger partial charge < -0.3 is 24.8 Å². The number of imide groups is 2. The van der Waals surface area contributed by atoms with E-state index in [2.05, 4.69) is 40.8 Å². The van der Waals surface area contributed by atoms with Crippen molar-refractivity contribution < 1.29 is 37.5 Å². The molecule has 0 radical (unpaired) electrons. The van der Waals surface area contributed by atoms with Gasteiger partial charge in [-0.25, -0.2) is 23.5 Å². The standard InChI is InChI=1S/C26H22FN5O4S.C19H18FN5O2S/c27-20-8-7-17(14-22-24(33)30-25(34)37-22)13-19(20)21-15-28-16-23(29-21)31-9-4-10-32(12-11-31)26(35)36-18-5-2-1-3-6-18;20-14-3-2-12(9-16-18(26)24-19(27)28-16)8-13(14)15-10-22-11-17(23-15)25-6-1-4-21-5-7-25/h1-3,5-8,13-16H,4,9-12H2,(H,30,33,34);2-3,8-11,21H,1,4-7H2,(H,24,26,27)/b22-14-;16-9-.